The number of carbonyl (C=O) groups excluding carboxylic acids is 1. The highest BCUT2D eigenvalue weighted by atomic mass is 32.2. The molecule has 2 amide bonds. The summed E-state index contributed by atoms with van der Waals surface area (Å²) < 4.78 is 30.5. The molecule has 0 aliphatic rings. The number of nitrogens with zero attached hydrogens (tertiary/aromatic N) is 4. The number of urea groups is 1. The molecule has 0 saturated heterocycles. The van der Waals surface area contributed by atoms with Crippen molar-refractivity contribution in [3.8, 4) is 0 Å². The van der Waals surface area contributed by atoms with Gasteiger partial charge in [-0.1, -0.05) is 13.8 Å². The molecule has 0 aliphatic carbocycles. The van der Waals surface area contributed by atoms with Crippen LogP contribution in [0, 0.1) is 0 Å². The monoisotopic (exact) mass is 428 g/mol. The Labute approximate surface area is 170 Å². The molecular formula is C17H28N6O3S2. The highest BCUT2D eigenvalue weighted by molar-refractivity contribution is 7.91. The van der Waals surface area contributed by atoms with Gasteiger partial charge in [-0.15, -0.1) is 11.3 Å². The molecule has 2 heterocycles. The molecule has 156 valence electrons. The lowest BCUT2D eigenvalue weighted by molar-refractivity contribution is 0.256. The van der Waals surface area contributed by atoms with Gasteiger partial charge in [0.25, 0.3) is 0 Å². The molecule has 0 fully saturated rings. The van der Waals surface area contributed by atoms with Gasteiger partial charge in [-0.25, -0.2) is 13.8 Å². The minimum absolute atomic E-state index is 0.181. The van der Waals surface area contributed by atoms with Crippen molar-refractivity contribution in [2.75, 3.05) is 36.8 Å². The number of thiophene rings is 1. The molecule has 2 aromatic heterocycles. The predicted octanol–water partition coefficient (Wildman–Crippen LogP) is 2.04. The second-order valence-electron chi connectivity index (χ2n) is 6.57. The maximum absolute atomic E-state index is 12.9. The molecule has 2 aromatic rings. The standard InChI is InChI=1S/C17H28N6O3S2/c1-6-14-10-15(16(7-2)27-14)19-17(24)20-28(25,26)23(9-8-21(3)4)13-11-18-22(5)12-13/h10-12H,6-9H2,1-5H3,(H2,19,20,24). The van der Waals surface area contributed by atoms with Gasteiger partial charge >= 0.3 is 16.2 Å². The van der Waals surface area contributed by atoms with E-state index in [0.29, 0.717) is 17.9 Å². The highest BCUT2D eigenvalue weighted by Gasteiger charge is 2.26. The SMILES string of the molecule is CCc1cc(NC(=O)NS(=O)(=O)N(CCN(C)C)c2cnn(C)c2)c(CC)s1. The zero-order valence-corrected chi connectivity index (χ0v) is 18.5. The molecular weight excluding hydrogens is 400 g/mol. The Morgan fingerprint density at radius 3 is 2.50 bits per heavy atom. The molecule has 0 bridgehead atoms. The Kier molecular flexibility index (Phi) is 7.44. The van der Waals surface area contributed by atoms with Gasteiger partial charge < -0.3 is 10.2 Å². The van der Waals surface area contributed by atoms with E-state index in [4.69, 9.17) is 0 Å². The molecule has 0 aliphatic heterocycles. The van der Waals surface area contributed by atoms with Gasteiger partial charge in [-0.2, -0.15) is 13.5 Å². The first-order valence-electron chi connectivity index (χ1n) is 9.02. The van der Waals surface area contributed by atoms with E-state index in [1.807, 2.05) is 38.9 Å². The van der Waals surface area contributed by atoms with Crippen LogP contribution in [0.4, 0.5) is 16.2 Å². The largest absolute Gasteiger partial charge is 0.334 e. The minimum Gasteiger partial charge on any atom is -0.308 e. The number of amides is 2. The van der Waals surface area contributed by atoms with Crippen molar-refractivity contribution < 1.29 is 13.2 Å². The van der Waals surface area contributed by atoms with E-state index in [-0.39, 0.29) is 6.54 Å². The Bertz CT molecular complexity index is 904. The summed E-state index contributed by atoms with van der Waals surface area (Å²) in [6.07, 6.45) is 4.67. The number of anilines is 2. The van der Waals surface area contributed by atoms with Gasteiger partial charge in [0, 0.05) is 36.1 Å². The third-order valence-electron chi connectivity index (χ3n) is 4.02. The number of likely N-dealkylation sites (N-methyl/N-ethyl adjacent to an activating group) is 1. The molecule has 11 heteroatoms. The van der Waals surface area contributed by atoms with Gasteiger partial charge in [0.05, 0.1) is 17.6 Å². The van der Waals surface area contributed by atoms with Crippen LogP contribution in [0.15, 0.2) is 18.5 Å². The maximum Gasteiger partial charge on any atom is 0.334 e. The number of aromatic nitrogens is 2. The number of hydrogen-bond acceptors (Lipinski definition) is 6. The Balaban J connectivity index is 2.18. The van der Waals surface area contributed by atoms with Crippen LogP contribution in [0.3, 0.4) is 0 Å². The summed E-state index contributed by atoms with van der Waals surface area (Å²) in [4.78, 5) is 16.4. The summed E-state index contributed by atoms with van der Waals surface area (Å²) in [6.45, 7) is 4.70. The molecule has 0 saturated carbocycles. The van der Waals surface area contributed by atoms with Crippen LogP contribution in [0.5, 0.6) is 0 Å². The summed E-state index contributed by atoms with van der Waals surface area (Å²) in [5, 5.41) is 6.70. The molecule has 28 heavy (non-hydrogen) atoms. The number of nitrogens with one attached hydrogen (secondary N) is 2. The number of aryl methyl sites for hydroxylation is 3. The van der Waals surface area contributed by atoms with Crippen LogP contribution in [0.2, 0.25) is 0 Å². The second-order valence-corrected chi connectivity index (χ2v) is 9.38. The summed E-state index contributed by atoms with van der Waals surface area (Å²) in [5.41, 5.74) is 1.04. The number of carbonyl (C=O) groups is 1. The van der Waals surface area contributed by atoms with E-state index in [0.717, 1.165) is 26.9 Å². The van der Waals surface area contributed by atoms with E-state index in [2.05, 4.69) is 15.1 Å². The molecule has 9 nitrogen and oxygen atoms in total. The first-order valence-corrected chi connectivity index (χ1v) is 11.3. The molecule has 0 spiro atoms. The molecule has 2 N–H and O–H groups in total. The van der Waals surface area contributed by atoms with Crippen LogP contribution in [-0.2, 0) is 30.1 Å². The van der Waals surface area contributed by atoms with E-state index in [9.17, 15) is 13.2 Å². The third kappa shape index (κ3) is 5.69. The average molecular weight is 429 g/mol. The van der Waals surface area contributed by atoms with Crippen molar-refractivity contribution in [1.29, 1.82) is 0 Å². The molecule has 0 atom stereocenters. The van der Waals surface area contributed by atoms with Crippen molar-refractivity contribution in [2.45, 2.75) is 26.7 Å². The van der Waals surface area contributed by atoms with Gasteiger partial charge in [0.2, 0.25) is 0 Å². The quantitative estimate of drug-likeness (QED) is 0.637. The van der Waals surface area contributed by atoms with Crippen molar-refractivity contribution in [3.05, 3.63) is 28.2 Å². The van der Waals surface area contributed by atoms with Crippen molar-refractivity contribution in [2.24, 2.45) is 7.05 Å². The Hall–Kier alpha value is -2.11. The smallest absolute Gasteiger partial charge is 0.308 e. The van der Waals surface area contributed by atoms with E-state index in [1.165, 1.54) is 10.9 Å². The topological polar surface area (TPSA) is 99.6 Å². The number of hydrogen-bond donors (Lipinski definition) is 2. The first kappa shape index (κ1) is 22.2. The zero-order valence-electron chi connectivity index (χ0n) is 16.9. The minimum atomic E-state index is -4.10. The fourth-order valence-electron chi connectivity index (χ4n) is 2.56. The van der Waals surface area contributed by atoms with Crippen LogP contribution in [-0.4, -0.2) is 56.3 Å². The van der Waals surface area contributed by atoms with Gasteiger partial charge in [0.1, 0.15) is 0 Å². The van der Waals surface area contributed by atoms with Gasteiger partial charge in [0.15, 0.2) is 0 Å². The summed E-state index contributed by atoms with van der Waals surface area (Å²) in [7, 11) is 1.30. The molecule has 0 aromatic carbocycles. The summed E-state index contributed by atoms with van der Waals surface area (Å²) in [5.74, 6) is 0. The van der Waals surface area contributed by atoms with Crippen molar-refractivity contribution >= 4 is 39.0 Å². The van der Waals surface area contributed by atoms with E-state index in [1.54, 1.807) is 24.6 Å². The molecule has 2 rings (SSSR count). The van der Waals surface area contributed by atoms with E-state index >= 15 is 0 Å². The average Bonchev–Trinajstić information content (AvgIpc) is 3.19. The van der Waals surface area contributed by atoms with Gasteiger partial charge in [-0.05, 0) is 33.0 Å². The highest BCUT2D eigenvalue weighted by Crippen LogP contribution is 2.28. The fraction of sp³-hybridized carbons (Fsp3) is 0.529. The third-order valence-corrected chi connectivity index (χ3v) is 6.86. The summed E-state index contributed by atoms with van der Waals surface area (Å²) >= 11 is 1.62. The van der Waals surface area contributed by atoms with E-state index < -0.39 is 16.2 Å². The second kappa shape index (κ2) is 9.39. The lowest BCUT2D eigenvalue weighted by atomic mass is 10.3. The maximum atomic E-state index is 12.9. The predicted molar refractivity (Wildman–Crippen MR) is 113 cm³/mol. The number of rotatable bonds is 9. The molecule has 0 radical (unpaired) electrons. The Morgan fingerprint density at radius 2 is 1.96 bits per heavy atom. The Morgan fingerprint density at radius 1 is 1.25 bits per heavy atom. The van der Waals surface area contributed by atoms with Crippen LogP contribution >= 0.6 is 11.3 Å². The lowest BCUT2D eigenvalue weighted by Gasteiger charge is -2.24. The normalized spacial score (nSPS) is 11.6. The fourth-order valence-corrected chi connectivity index (χ4v) is 4.65. The first-order chi connectivity index (χ1) is 13.2. The van der Waals surface area contributed by atoms with Crippen LogP contribution in [0.25, 0.3) is 0 Å². The van der Waals surface area contributed by atoms with Crippen molar-refractivity contribution in [3.63, 3.8) is 0 Å². The van der Waals surface area contributed by atoms with Crippen molar-refractivity contribution in [1.82, 2.24) is 19.4 Å². The van der Waals surface area contributed by atoms with Crippen LogP contribution in [0.1, 0.15) is 23.6 Å². The van der Waals surface area contributed by atoms with Gasteiger partial charge in [-0.3, -0.25) is 4.68 Å². The molecule has 0 unspecified atom stereocenters. The zero-order chi connectivity index (χ0) is 20.9. The van der Waals surface area contributed by atoms with Crippen LogP contribution < -0.4 is 14.3 Å². The summed E-state index contributed by atoms with van der Waals surface area (Å²) in [6, 6.07) is 1.11. The lowest BCUT2D eigenvalue weighted by Crippen LogP contribution is -2.47.